The van der Waals surface area contributed by atoms with Gasteiger partial charge in [-0.1, -0.05) is 5.92 Å². The number of fused-ring (bicyclic) bond motifs is 1. The SMILES string of the molecule is C#Cc1cccnc1N[C@H]1[C@@H]2COC[C@@H]21. The zero-order chi connectivity index (χ0) is 10.3. The number of pyridine rings is 1. The highest BCUT2D eigenvalue weighted by molar-refractivity contribution is 5.54. The highest BCUT2D eigenvalue weighted by atomic mass is 16.5. The van der Waals surface area contributed by atoms with Crippen LogP contribution in [0.2, 0.25) is 0 Å². The minimum Gasteiger partial charge on any atom is -0.381 e. The summed E-state index contributed by atoms with van der Waals surface area (Å²) in [5.41, 5.74) is 0.836. The first-order chi connectivity index (χ1) is 7.40. The van der Waals surface area contributed by atoms with Crippen molar-refractivity contribution in [1.82, 2.24) is 4.98 Å². The Kier molecular flexibility index (Phi) is 1.90. The van der Waals surface area contributed by atoms with E-state index in [0.29, 0.717) is 17.9 Å². The lowest BCUT2D eigenvalue weighted by Gasteiger charge is -2.09. The van der Waals surface area contributed by atoms with Crippen LogP contribution in [0.4, 0.5) is 5.82 Å². The topological polar surface area (TPSA) is 34.2 Å². The summed E-state index contributed by atoms with van der Waals surface area (Å²) in [7, 11) is 0. The van der Waals surface area contributed by atoms with E-state index in [1.54, 1.807) is 6.20 Å². The van der Waals surface area contributed by atoms with Crippen molar-refractivity contribution >= 4 is 5.82 Å². The van der Waals surface area contributed by atoms with Gasteiger partial charge in [0.2, 0.25) is 0 Å². The summed E-state index contributed by atoms with van der Waals surface area (Å²) in [5, 5.41) is 3.40. The van der Waals surface area contributed by atoms with Crippen LogP contribution in [0.5, 0.6) is 0 Å². The fourth-order valence-electron chi connectivity index (χ4n) is 2.25. The van der Waals surface area contributed by atoms with Gasteiger partial charge in [0.05, 0.1) is 18.8 Å². The first-order valence-electron chi connectivity index (χ1n) is 5.16. The summed E-state index contributed by atoms with van der Waals surface area (Å²) in [4.78, 5) is 4.26. The number of nitrogens with zero attached hydrogens (tertiary/aromatic N) is 1. The molecule has 1 saturated heterocycles. The number of nitrogens with one attached hydrogen (secondary N) is 1. The summed E-state index contributed by atoms with van der Waals surface area (Å²) >= 11 is 0. The predicted molar refractivity (Wildman–Crippen MR) is 57.4 cm³/mol. The Bertz CT molecular complexity index is 414. The molecule has 0 radical (unpaired) electrons. The fourth-order valence-corrected chi connectivity index (χ4v) is 2.25. The number of hydrogen-bond acceptors (Lipinski definition) is 3. The molecule has 1 aromatic heterocycles. The van der Waals surface area contributed by atoms with Crippen molar-refractivity contribution in [3.8, 4) is 12.3 Å². The molecule has 15 heavy (non-hydrogen) atoms. The van der Waals surface area contributed by atoms with Gasteiger partial charge in [-0.25, -0.2) is 4.98 Å². The molecular weight excluding hydrogens is 188 g/mol. The Hall–Kier alpha value is -1.53. The normalized spacial score (nSPS) is 31.8. The summed E-state index contributed by atoms with van der Waals surface area (Å²) in [6.45, 7) is 1.75. The smallest absolute Gasteiger partial charge is 0.141 e. The second-order valence-electron chi connectivity index (χ2n) is 4.08. The van der Waals surface area contributed by atoms with E-state index < -0.39 is 0 Å². The van der Waals surface area contributed by atoms with Crippen LogP contribution in [0, 0.1) is 24.2 Å². The quantitative estimate of drug-likeness (QED) is 0.726. The molecule has 0 spiro atoms. The van der Waals surface area contributed by atoms with Gasteiger partial charge in [0.25, 0.3) is 0 Å². The van der Waals surface area contributed by atoms with Crippen LogP contribution in [-0.4, -0.2) is 24.2 Å². The van der Waals surface area contributed by atoms with Crippen molar-refractivity contribution in [3.05, 3.63) is 23.9 Å². The van der Waals surface area contributed by atoms with Crippen LogP contribution >= 0.6 is 0 Å². The Balaban J connectivity index is 1.75. The molecular formula is C12H12N2O. The second-order valence-corrected chi connectivity index (χ2v) is 4.08. The van der Waals surface area contributed by atoms with Crippen molar-refractivity contribution in [1.29, 1.82) is 0 Å². The molecule has 2 fully saturated rings. The average molecular weight is 200 g/mol. The third kappa shape index (κ3) is 1.38. The van der Waals surface area contributed by atoms with Crippen molar-refractivity contribution < 1.29 is 4.74 Å². The first-order valence-corrected chi connectivity index (χ1v) is 5.16. The van der Waals surface area contributed by atoms with Gasteiger partial charge in [-0.05, 0) is 12.1 Å². The van der Waals surface area contributed by atoms with E-state index in [9.17, 15) is 0 Å². The van der Waals surface area contributed by atoms with E-state index in [-0.39, 0.29) is 0 Å². The molecule has 0 unspecified atom stereocenters. The molecule has 1 N–H and O–H groups in total. The van der Waals surface area contributed by atoms with Gasteiger partial charge in [0.1, 0.15) is 5.82 Å². The van der Waals surface area contributed by atoms with Crippen molar-refractivity contribution in [2.75, 3.05) is 18.5 Å². The lowest BCUT2D eigenvalue weighted by atomic mass is 10.2. The highest BCUT2D eigenvalue weighted by Gasteiger charge is 2.54. The Labute approximate surface area is 88.9 Å². The molecule has 3 rings (SSSR count). The molecule has 3 heteroatoms. The van der Waals surface area contributed by atoms with Gasteiger partial charge in [0, 0.05) is 24.1 Å². The zero-order valence-electron chi connectivity index (χ0n) is 8.31. The standard InChI is InChI=1S/C12H12N2O/c1-2-8-4-3-5-13-12(8)14-11-9-6-15-7-10(9)11/h1,3-5,9-11H,6-7H2,(H,13,14)/t9-,10+,11+. The van der Waals surface area contributed by atoms with E-state index in [4.69, 9.17) is 11.2 Å². The number of terminal acetylenes is 1. The van der Waals surface area contributed by atoms with E-state index in [2.05, 4.69) is 16.2 Å². The van der Waals surface area contributed by atoms with Crippen molar-refractivity contribution in [2.45, 2.75) is 6.04 Å². The minimum atomic E-state index is 0.515. The maximum absolute atomic E-state index is 5.41. The third-order valence-corrected chi connectivity index (χ3v) is 3.22. The Morgan fingerprint density at radius 1 is 1.47 bits per heavy atom. The number of hydrogen-bond donors (Lipinski definition) is 1. The van der Waals surface area contributed by atoms with Crippen LogP contribution < -0.4 is 5.32 Å². The summed E-state index contributed by atoms with van der Waals surface area (Å²) in [5.74, 6) is 4.80. The number of aromatic nitrogens is 1. The second kappa shape index (κ2) is 3.25. The first kappa shape index (κ1) is 8.75. The van der Waals surface area contributed by atoms with Crippen molar-refractivity contribution in [2.24, 2.45) is 11.8 Å². The largest absolute Gasteiger partial charge is 0.381 e. The van der Waals surface area contributed by atoms with Gasteiger partial charge in [0.15, 0.2) is 0 Å². The van der Waals surface area contributed by atoms with Gasteiger partial charge >= 0.3 is 0 Å². The van der Waals surface area contributed by atoms with Gasteiger partial charge < -0.3 is 10.1 Å². The number of ether oxygens (including phenoxy) is 1. The summed E-state index contributed by atoms with van der Waals surface area (Å²) in [6.07, 6.45) is 7.17. The van der Waals surface area contributed by atoms with E-state index in [1.807, 2.05) is 12.1 Å². The molecule has 0 amide bonds. The van der Waals surface area contributed by atoms with E-state index in [0.717, 1.165) is 24.6 Å². The minimum absolute atomic E-state index is 0.515. The molecule has 0 bridgehead atoms. The molecule has 1 aromatic rings. The van der Waals surface area contributed by atoms with Crippen LogP contribution in [-0.2, 0) is 4.74 Å². The monoisotopic (exact) mass is 200 g/mol. The molecule has 1 aliphatic heterocycles. The molecule has 76 valence electrons. The maximum Gasteiger partial charge on any atom is 0.141 e. The highest BCUT2D eigenvalue weighted by Crippen LogP contribution is 2.45. The maximum atomic E-state index is 5.41. The van der Waals surface area contributed by atoms with Crippen LogP contribution in [0.3, 0.4) is 0 Å². The van der Waals surface area contributed by atoms with E-state index >= 15 is 0 Å². The van der Waals surface area contributed by atoms with Gasteiger partial charge in [-0.3, -0.25) is 0 Å². The molecule has 2 heterocycles. The fraction of sp³-hybridized carbons (Fsp3) is 0.417. The van der Waals surface area contributed by atoms with Gasteiger partial charge in [-0.2, -0.15) is 0 Å². The predicted octanol–water partition coefficient (Wildman–Crippen LogP) is 1.12. The molecule has 3 nitrogen and oxygen atoms in total. The zero-order valence-corrected chi connectivity index (χ0v) is 8.31. The summed E-state index contributed by atoms with van der Waals surface area (Å²) < 4.78 is 5.33. The average Bonchev–Trinajstić information content (AvgIpc) is 2.75. The lowest BCUT2D eigenvalue weighted by molar-refractivity contribution is 0.162. The van der Waals surface area contributed by atoms with Crippen LogP contribution in [0.1, 0.15) is 5.56 Å². The lowest BCUT2D eigenvalue weighted by Crippen LogP contribution is -2.14. The Morgan fingerprint density at radius 2 is 2.27 bits per heavy atom. The Morgan fingerprint density at radius 3 is 3.00 bits per heavy atom. The van der Waals surface area contributed by atoms with Crippen LogP contribution in [0.25, 0.3) is 0 Å². The number of anilines is 1. The molecule has 3 atom stereocenters. The molecule has 1 aliphatic carbocycles. The van der Waals surface area contributed by atoms with Gasteiger partial charge in [-0.15, -0.1) is 6.42 Å². The number of rotatable bonds is 2. The van der Waals surface area contributed by atoms with Crippen LogP contribution in [0.15, 0.2) is 18.3 Å². The van der Waals surface area contributed by atoms with E-state index in [1.165, 1.54) is 0 Å². The summed E-state index contributed by atoms with van der Waals surface area (Å²) in [6, 6.07) is 4.28. The molecule has 2 aliphatic rings. The molecule has 1 saturated carbocycles. The van der Waals surface area contributed by atoms with Crippen molar-refractivity contribution in [3.63, 3.8) is 0 Å². The molecule has 0 aromatic carbocycles. The third-order valence-electron chi connectivity index (χ3n) is 3.22.